The monoisotopic (exact) mass is 374 g/mol. The molecule has 0 bridgehead atoms. The second-order valence-electron chi connectivity index (χ2n) is 6.29. The largest absolute Gasteiger partial charge is 0.354 e. The van der Waals surface area contributed by atoms with Gasteiger partial charge in [0.15, 0.2) is 0 Å². The number of rotatable bonds is 6. The normalized spacial score (nSPS) is 10.1. The lowest BCUT2D eigenvalue weighted by atomic mass is 10.1. The van der Waals surface area contributed by atoms with E-state index in [1.54, 1.807) is 6.07 Å². The lowest BCUT2D eigenvalue weighted by Crippen LogP contribution is -2.12. The van der Waals surface area contributed by atoms with Crippen LogP contribution < -0.4 is 21.3 Å². The van der Waals surface area contributed by atoms with Crippen molar-refractivity contribution >= 4 is 45.9 Å². The third-order valence-corrected chi connectivity index (χ3v) is 3.88. The van der Waals surface area contributed by atoms with Gasteiger partial charge in [-0.15, -0.1) is 0 Å². The fourth-order valence-corrected chi connectivity index (χ4v) is 2.75. The molecule has 0 atom stereocenters. The summed E-state index contributed by atoms with van der Waals surface area (Å²) in [4.78, 5) is 23.4. The van der Waals surface area contributed by atoms with E-state index >= 15 is 0 Å². The van der Waals surface area contributed by atoms with Gasteiger partial charge in [0.25, 0.3) is 0 Å². The van der Waals surface area contributed by atoms with Crippen molar-refractivity contribution < 1.29 is 9.59 Å². The minimum atomic E-state index is -0.200. The van der Waals surface area contributed by atoms with Crippen molar-refractivity contribution in [2.45, 2.75) is 13.8 Å². The van der Waals surface area contributed by atoms with Gasteiger partial charge < -0.3 is 21.3 Å². The molecule has 6 heteroatoms. The van der Waals surface area contributed by atoms with E-state index in [-0.39, 0.29) is 11.8 Å². The predicted molar refractivity (Wildman–Crippen MR) is 114 cm³/mol. The zero-order chi connectivity index (χ0) is 19.9. The Morgan fingerprint density at radius 1 is 0.571 bits per heavy atom. The number of amides is 2. The van der Waals surface area contributed by atoms with Gasteiger partial charge in [-0.2, -0.15) is 0 Å². The zero-order valence-corrected chi connectivity index (χ0v) is 15.7. The minimum absolute atomic E-state index is 0.200. The fourth-order valence-electron chi connectivity index (χ4n) is 2.75. The van der Waals surface area contributed by atoms with Crippen molar-refractivity contribution in [3.8, 4) is 0 Å². The van der Waals surface area contributed by atoms with Gasteiger partial charge in [-0.3, -0.25) is 9.59 Å². The Bertz CT molecular complexity index is 896. The molecule has 3 rings (SSSR count). The summed E-state index contributed by atoms with van der Waals surface area (Å²) in [6.45, 7) is 2.89. The number of carbonyl (C=O) groups is 2. The van der Waals surface area contributed by atoms with Gasteiger partial charge >= 0.3 is 0 Å². The molecule has 0 aliphatic rings. The molecule has 0 aliphatic heterocycles. The van der Waals surface area contributed by atoms with E-state index in [9.17, 15) is 9.59 Å². The molecule has 3 aromatic carbocycles. The summed E-state index contributed by atoms with van der Waals surface area (Å²) < 4.78 is 0. The number of benzene rings is 3. The Balaban J connectivity index is 2.05. The number of para-hydroxylation sites is 2. The quantitative estimate of drug-likeness (QED) is 0.484. The lowest BCUT2D eigenvalue weighted by molar-refractivity contribution is -0.115. The van der Waals surface area contributed by atoms with Gasteiger partial charge in [0.05, 0.1) is 22.7 Å². The Morgan fingerprint density at radius 2 is 0.929 bits per heavy atom. The summed E-state index contributed by atoms with van der Waals surface area (Å²) in [5.74, 6) is -0.401. The maximum atomic E-state index is 11.7. The third kappa shape index (κ3) is 5.11. The topological polar surface area (TPSA) is 82.3 Å². The van der Waals surface area contributed by atoms with Crippen molar-refractivity contribution in [3.63, 3.8) is 0 Å². The van der Waals surface area contributed by atoms with Crippen LogP contribution in [-0.2, 0) is 9.59 Å². The molecule has 0 unspecified atom stereocenters. The minimum Gasteiger partial charge on any atom is -0.354 e. The highest BCUT2D eigenvalue weighted by Gasteiger charge is 2.13. The molecule has 0 saturated heterocycles. The van der Waals surface area contributed by atoms with Crippen LogP contribution in [-0.4, -0.2) is 11.8 Å². The van der Waals surface area contributed by atoms with Gasteiger partial charge in [-0.25, -0.2) is 0 Å². The molecule has 0 radical (unpaired) electrons. The summed E-state index contributed by atoms with van der Waals surface area (Å²) in [7, 11) is 0. The molecule has 6 nitrogen and oxygen atoms in total. The van der Waals surface area contributed by atoms with Gasteiger partial charge in [0.2, 0.25) is 11.8 Å². The van der Waals surface area contributed by atoms with E-state index in [0.29, 0.717) is 22.7 Å². The summed E-state index contributed by atoms with van der Waals surface area (Å²) in [6, 6.07) is 22.9. The highest BCUT2D eigenvalue weighted by Crippen LogP contribution is 2.36. The average Bonchev–Trinajstić information content (AvgIpc) is 2.66. The Labute approximate surface area is 164 Å². The van der Waals surface area contributed by atoms with Crippen molar-refractivity contribution in [2.24, 2.45) is 0 Å². The van der Waals surface area contributed by atoms with E-state index in [4.69, 9.17) is 0 Å². The second kappa shape index (κ2) is 8.73. The van der Waals surface area contributed by atoms with Crippen LogP contribution in [0.5, 0.6) is 0 Å². The molecule has 3 aromatic rings. The number of hydrogen-bond donors (Lipinski definition) is 4. The molecule has 0 saturated carbocycles. The van der Waals surface area contributed by atoms with E-state index in [0.717, 1.165) is 11.4 Å². The molecule has 0 spiro atoms. The predicted octanol–water partition coefficient (Wildman–Crippen LogP) is 5.09. The van der Waals surface area contributed by atoms with Gasteiger partial charge in [0, 0.05) is 25.2 Å². The SMILES string of the molecule is CC(=O)Nc1cc(NC(C)=O)c(Nc2ccccc2)cc1Nc1ccccc1. The first-order valence-corrected chi connectivity index (χ1v) is 8.88. The molecule has 28 heavy (non-hydrogen) atoms. The third-order valence-electron chi connectivity index (χ3n) is 3.88. The highest BCUT2D eigenvalue weighted by atomic mass is 16.2. The summed E-state index contributed by atoms with van der Waals surface area (Å²) in [6.07, 6.45) is 0. The van der Waals surface area contributed by atoms with Crippen LogP contribution in [0.2, 0.25) is 0 Å². The first-order chi connectivity index (χ1) is 13.5. The first-order valence-electron chi connectivity index (χ1n) is 8.88. The van der Waals surface area contributed by atoms with Crippen molar-refractivity contribution in [1.29, 1.82) is 0 Å². The van der Waals surface area contributed by atoms with Crippen LogP contribution in [0.1, 0.15) is 13.8 Å². The Kier molecular flexibility index (Phi) is 5.91. The van der Waals surface area contributed by atoms with Gasteiger partial charge in [0.1, 0.15) is 0 Å². The smallest absolute Gasteiger partial charge is 0.221 e. The standard InChI is InChI=1S/C22H22N4O2/c1-15(27)23-19-13-20(24-16(2)28)22(26-18-11-7-4-8-12-18)14-21(19)25-17-9-5-3-6-10-17/h3-14,25-26H,1-2H3,(H,23,27)(H,24,28). The molecule has 0 aliphatic carbocycles. The molecule has 0 fully saturated rings. The fraction of sp³-hybridized carbons (Fsp3) is 0.0909. The number of hydrogen-bond acceptors (Lipinski definition) is 4. The molecule has 2 amide bonds. The number of carbonyl (C=O) groups excluding carboxylic acids is 2. The second-order valence-corrected chi connectivity index (χ2v) is 6.29. The van der Waals surface area contributed by atoms with Gasteiger partial charge in [-0.1, -0.05) is 36.4 Å². The van der Waals surface area contributed by atoms with E-state index in [2.05, 4.69) is 21.3 Å². The number of anilines is 6. The molecule has 4 N–H and O–H groups in total. The number of nitrogens with one attached hydrogen (secondary N) is 4. The van der Waals surface area contributed by atoms with Crippen LogP contribution in [0.25, 0.3) is 0 Å². The van der Waals surface area contributed by atoms with Crippen LogP contribution in [0.15, 0.2) is 72.8 Å². The Hall–Kier alpha value is -3.80. The van der Waals surface area contributed by atoms with Crippen molar-refractivity contribution in [2.75, 3.05) is 21.3 Å². The zero-order valence-electron chi connectivity index (χ0n) is 15.7. The van der Waals surface area contributed by atoms with Crippen LogP contribution >= 0.6 is 0 Å². The summed E-state index contributed by atoms with van der Waals surface area (Å²) in [5, 5.41) is 12.3. The van der Waals surface area contributed by atoms with Crippen LogP contribution in [0.4, 0.5) is 34.1 Å². The molecule has 0 aromatic heterocycles. The maximum absolute atomic E-state index is 11.7. The van der Waals surface area contributed by atoms with Crippen LogP contribution in [0.3, 0.4) is 0 Å². The summed E-state index contributed by atoms with van der Waals surface area (Å²) >= 11 is 0. The summed E-state index contributed by atoms with van der Waals surface area (Å²) in [5.41, 5.74) is 4.30. The van der Waals surface area contributed by atoms with Gasteiger partial charge in [-0.05, 0) is 36.4 Å². The molecular formula is C22H22N4O2. The van der Waals surface area contributed by atoms with Crippen LogP contribution in [0, 0.1) is 0 Å². The first kappa shape index (κ1) is 19.0. The van der Waals surface area contributed by atoms with Crippen molar-refractivity contribution in [1.82, 2.24) is 0 Å². The van der Waals surface area contributed by atoms with E-state index in [1.807, 2.05) is 66.7 Å². The maximum Gasteiger partial charge on any atom is 0.221 e. The molecular weight excluding hydrogens is 352 g/mol. The van der Waals surface area contributed by atoms with E-state index in [1.165, 1.54) is 13.8 Å². The average molecular weight is 374 g/mol. The lowest BCUT2D eigenvalue weighted by Gasteiger charge is -2.19. The molecule has 142 valence electrons. The molecule has 0 heterocycles. The van der Waals surface area contributed by atoms with Crippen molar-refractivity contribution in [3.05, 3.63) is 72.8 Å². The van der Waals surface area contributed by atoms with E-state index < -0.39 is 0 Å². The Morgan fingerprint density at radius 3 is 1.29 bits per heavy atom. The highest BCUT2D eigenvalue weighted by molar-refractivity contribution is 6.00.